The highest BCUT2D eigenvalue weighted by Crippen LogP contribution is 2.15. The van der Waals surface area contributed by atoms with Gasteiger partial charge in [0.25, 0.3) is 5.91 Å². The number of rotatable bonds is 4. The summed E-state index contributed by atoms with van der Waals surface area (Å²) in [5, 5.41) is 2.63. The molecule has 1 amide bonds. The van der Waals surface area contributed by atoms with Gasteiger partial charge in [-0.15, -0.1) is 0 Å². The Morgan fingerprint density at radius 1 is 1.25 bits per heavy atom. The number of ether oxygens (including phenoxy) is 1. The van der Waals surface area contributed by atoms with E-state index in [1.54, 1.807) is 36.5 Å². The first-order chi connectivity index (χ1) is 9.65. The van der Waals surface area contributed by atoms with E-state index in [1.807, 2.05) is 6.07 Å². The molecule has 0 aliphatic carbocycles. The molecular formula is C14H11BrN2O3. The second-order valence-electron chi connectivity index (χ2n) is 3.88. The van der Waals surface area contributed by atoms with E-state index in [0.717, 1.165) is 4.47 Å². The van der Waals surface area contributed by atoms with Gasteiger partial charge < -0.3 is 10.1 Å². The van der Waals surface area contributed by atoms with Gasteiger partial charge in [-0.25, -0.2) is 4.79 Å². The van der Waals surface area contributed by atoms with Crippen molar-refractivity contribution in [2.24, 2.45) is 0 Å². The summed E-state index contributed by atoms with van der Waals surface area (Å²) < 4.78 is 5.74. The van der Waals surface area contributed by atoms with Gasteiger partial charge in [0, 0.05) is 22.6 Å². The normalized spacial score (nSPS) is 9.85. The lowest BCUT2D eigenvalue weighted by molar-refractivity contribution is -0.119. The van der Waals surface area contributed by atoms with Gasteiger partial charge in [-0.2, -0.15) is 0 Å². The standard InChI is InChI=1S/C14H11BrN2O3/c15-11-4-1-5-12(7-11)17-13(18)9-20-14(19)10-3-2-6-16-8-10/h1-8H,9H2,(H,17,18). The van der Waals surface area contributed by atoms with Crippen molar-refractivity contribution in [3.8, 4) is 0 Å². The molecule has 0 unspecified atom stereocenters. The molecule has 0 saturated carbocycles. The van der Waals surface area contributed by atoms with Crippen molar-refractivity contribution in [3.05, 3.63) is 58.8 Å². The van der Waals surface area contributed by atoms with E-state index in [0.29, 0.717) is 11.3 Å². The van der Waals surface area contributed by atoms with Crippen LogP contribution in [0.2, 0.25) is 0 Å². The van der Waals surface area contributed by atoms with Gasteiger partial charge in [0.1, 0.15) is 0 Å². The topological polar surface area (TPSA) is 68.3 Å². The van der Waals surface area contributed by atoms with Gasteiger partial charge in [0.2, 0.25) is 0 Å². The maximum atomic E-state index is 11.6. The number of anilines is 1. The largest absolute Gasteiger partial charge is 0.452 e. The Morgan fingerprint density at radius 3 is 2.80 bits per heavy atom. The summed E-state index contributed by atoms with van der Waals surface area (Å²) in [6.07, 6.45) is 2.94. The van der Waals surface area contributed by atoms with Gasteiger partial charge >= 0.3 is 5.97 Å². The zero-order valence-corrected chi connectivity index (χ0v) is 12.0. The second-order valence-corrected chi connectivity index (χ2v) is 4.79. The predicted octanol–water partition coefficient (Wildman–Crippen LogP) is 2.64. The number of carbonyl (C=O) groups is 2. The van der Waals surface area contributed by atoms with Crippen LogP contribution in [-0.4, -0.2) is 23.5 Å². The van der Waals surface area contributed by atoms with Gasteiger partial charge in [-0.3, -0.25) is 9.78 Å². The minimum Gasteiger partial charge on any atom is -0.452 e. The molecule has 102 valence electrons. The summed E-state index contributed by atoms with van der Waals surface area (Å²) in [5.74, 6) is -0.983. The zero-order chi connectivity index (χ0) is 14.4. The first-order valence-corrected chi connectivity index (χ1v) is 6.57. The number of aromatic nitrogens is 1. The van der Waals surface area contributed by atoms with Crippen molar-refractivity contribution < 1.29 is 14.3 Å². The Kier molecular flexibility index (Phi) is 4.84. The third-order valence-electron chi connectivity index (χ3n) is 2.34. The average Bonchev–Trinajstić information content (AvgIpc) is 2.46. The Labute approximate surface area is 124 Å². The lowest BCUT2D eigenvalue weighted by Gasteiger charge is -2.06. The van der Waals surface area contributed by atoms with Crippen LogP contribution >= 0.6 is 15.9 Å². The number of nitrogens with one attached hydrogen (secondary N) is 1. The van der Waals surface area contributed by atoms with E-state index < -0.39 is 11.9 Å². The number of halogens is 1. The summed E-state index contributed by atoms with van der Waals surface area (Å²) in [5.41, 5.74) is 0.935. The van der Waals surface area contributed by atoms with Crippen LogP contribution in [0.15, 0.2) is 53.3 Å². The molecule has 2 rings (SSSR count). The smallest absolute Gasteiger partial charge is 0.340 e. The fourth-order valence-corrected chi connectivity index (χ4v) is 1.86. The molecule has 0 atom stereocenters. The Morgan fingerprint density at radius 2 is 2.10 bits per heavy atom. The van der Waals surface area contributed by atoms with Crippen LogP contribution in [0.1, 0.15) is 10.4 Å². The molecule has 5 nitrogen and oxygen atoms in total. The Hall–Kier alpha value is -2.21. The summed E-state index contributed by atoms with van der Waals surface area (Å²) >= 11 is 3.30. The van der Waals surface area contributed by atoms with Crippen LogP contribution in [0.5, 0.6) is 0 Å². The molecule has 0 saturated heterocycles. The molecule has 20 heavy (non-hydrogen) atoms. The van der Waals surface area contributed by atoms with Gasteiger partial charge in [-0.1, -0.05) is 22.0 Å². The van der Waals surface area contributed by atoms with E-state index in [2.05, 4.69) is 26.2 Å². The van der Waals surface area contributed by atoms with E-state index >= 15 is 0 Å². The molecule has 1 aromatic carbocycles. The number of amides is 1. The number of nitrogens with zero attached hydrogens (tertiary/aromatic N) is 1. The maximum Gasteiger partial charge on any atom is 0.340 e. The highest BCUT2D eigenvalue weighted by atomic mass is 79.9. The third-order valence-corrected chi connectivity index (χ3v) is 2.83. The Balaban J connectivity index is 1.85. The van der Waals surface area contributed by atoms with E-state index in [9.17, 15) is 9.59 Å². The Bertz CT molecular complexity index is 617. The third kappa shape index (κ3) is 4.17. The average molecular weight is 335 g/mol. The molecule has 0 aliphatic heterocycles. The van der Waals surface area contributed by atoms with E-state index in [-0.39, 0.29) is 6.61 Å². The van der Waals surface area contributed by atoms with Crippen LogP contribution in [-0.2, 0) is 9.53 Å². The molecule has 0 radical (unpaired) electrons. The van der Waals surface area contributed by atoms with Crippen LogP contribution in [0.4, 0.5) is 5.69 Å². The van der Waals surface area contributed by atoms with Crippen LogP contribution in [0.25, 0.3) is 0 Å². The number of benzene rings is 1. The van der Waals surface area contributed by atoms with Crippen molar-refractivity contribution in [2.75, 3.05) is 11.9 Å². The quantitative estimate of drug-likeness (QED) is 0.872. The predicted molar refractivity (Wildman–Crippen MR) is 77.3 cm³/mol. The minimum absolute atomic E-state index is 0.308. The minimum atomic E-state index is -0.581. The molecule has 0 bridgehead atoms. The fraction of sp³-hybridized carbons (Fsp3) is 0.0714. The first-order valence-electron chi connectivity index (χ1n) is 5.78. The van der Waals surface area contributed by atoms with Crippen LogP contribution in [0, 0.1) is 0 Å². The number of esters is 1. The fourth-order valence-electron chi connectivity index (χ4n) is 1.46. The van der Waals surface area contributed by atoms with Crippen molar-refractivity contribution in [2.45, 2.75) is 0 Å². The molecular weight excluding hydrogens is 324 g/mol. The molecule has 1 heterocycles. The lowest BCUT2D eigenvalue weighted by atomic mass is 10.3. The van der Waals surface area contributed by atoms with Crippen molar-refractivity contribution >= 4 is 33.5 Å². The van der Waals surface area contributed by atoms with Crippen molar-refractivity contribution in [1.29, 1.82) is 0 Å². The van der Waals surface area contributed by atoms with Crippen molar-refractivity contribution in [1.82, 2.24) is 4.98 Å². The molecule has 0 aliphatic rings. The first kappa shape index (κ1) is 14.2. The molecule has 1 aromatic heterocycles. The zero-order valence-electron chi connectivity index (χ0n) is 10.4. The number of carbonyl (C=O) groups excluding carboxylic acids is 2. The summed E-state index contributed by atoms with van der Waals surface area (Å²) in [6.45, 7) is -0.347. The van der Waals surface area contributed by atoms with Crippen LogP contribution < -0.4 is 5.32 Å². The second kappa shape index (κ2) is 6.81. The van der Waals surface area contributed by atoms with Gasteiger partial charge in [0.05, 0.1) is 5.56 Å². The molecule has 6 heteroatoms. The van der Waals surface area contributed by atoms with Crippen molar-refractivity contribution in [3.63, 3.8) is 0 Å². The summed E-state index contributed by atoms with van der Waals surface area (Å²) in [4.78, 5) is 27.0. The van der Waals surface area contributed by atoms with E-state index in [4.69, 9.17) is 4.74 Å². The molecule has 0 spiro atoms. The number of hydrogen-bond donors (Lipinski definition) is 1. The highest BCUT2D eigenvalue weighted by Gasteiger charge is 2.10. The number of hydrogen-bond acceptors (Lipinski definition) is 4. The summed E-state index contributed by atoms with van der Waals surface area (Å²) in [6, 6.07) is 10.3. The summed E-state index contributed by atoms with van der Waals surface area (Å²) in [7, 11) is 0. The number of pyridine rings is 1. The molecule has 1 N–H and O–H groups in total. The van der Waals surface area contributed by atoms with E-state index in [1.165, 1.54) is 6.20 Å². The maximum absolute atomic E-state index is 11.6. The molecule has 2 aromatic rings. The van der Waals surface area contributed by atoms with Gasteiger partial charge in [0.15, 0.2) is 6.61 Å². The SMILES string of the molecule is O=C(COC(=O)c1cccnc1)Nc1cccc(Br)c1. The lowest BCUT2D eigenvalue weighted by Crippen LogP contribution is -2.20. The molecule has 0 fully saturated rings. The van der Waals surface area contributed by atoms with Crippen LogP contribution in [0.3, 0.4) is 0 Å². The highest BCUT2D eigenvalue weighted by molar-refractivity contribution is 9.10. The van der Waals surface area contributed by atoms with Gasteiger partial charge in [-0.05, 0) is 30.3 Å². The monoisotopic (exact) mass is 334 g/mol.